The molecule has 1 unspecified atom stereocenters. The standard InChI is InChI=1S/C16H13ClF3N3O2/c17-9-7-21-15(22-8-9)25-12-5-1-3-10-13(12)11(23-14(10)24)4-2-6-16(18,19)20/h1,3,5,7-8,11H,2,4,6H2,(H,23,24). The second-order valence-electron chi connectivity index (χ2n) is 5.54. The summed E-state index contributed by atoms with van der Waals surface area (Å²) in [6.07, 6.45) is -2.36. The topological polar surface area (TPSA) is 64.1 Å². The van der Waals surface area contributed by atoms with Crippen molar-refractivity contribution in [1.82, 2.24) is 15.3 Å². The molecule has 132 valence electrons. The lowest BCUT2D eigenvalue weighted by molar-refractivity contribution is -0.135. The molecular formula is C16H13ClF3N3O2. The average Bonchev–Trinajstić information content (AvgIpc) is 2.86. The van der Waals surface area contributed by atoms with Gasteiger partial charge in [0.15, 0.2) is 0 Å². The molecule has 1 N–H and O–H groups in total. The van der Waals surface area contributed by atoms with Crippen LogP contribution >= 0.6 is 11.6 Å². The third-order valence-corrected chi connectivity index (χ3v) is 3.91. The lowest BCUT2D eigenvalue weighted by Crippen LogP contribution is -2.19. The maximum atomic E-state index is 12.4. The third kappa shape index (κ3) is 4.19. The Labute approximate surface area is 146 Å². The van der Waals surface area contributed by atoms with E-state index in [4.69, 9.17) is 16.3 Å². The molecule has 1 aromatic carbocycles. The van der Waals surface area contributed by atoms with Gasteiger partial charge in [0.25, 0.3) is 5.91 Å². The molecular weight excluding hydrogens is 359 g/mol. The summed E-state index contributed by atoms with van der Waals surface area (Å²) in [7, 11) is 0. The van der Waals surface area contributed by atoms with Crippen LogP contribution in [0.25, 0.3) is 0 Å². The average molecular weight is 372 g/mol. The molecule has 0 spiro atoms. The van der Waals surface area contributed by atoms with Crippen LogP contribution < -0.4 is 10.1 Å². The number of nitrogens with one attached hydrogen (secondary N) is 1. The van der Waals surface area contributed by atoms with Crippen molar-refractivity contribution in [1.29, 1.82) is 0 Å². The minimum atomic E-state index is -4.22. The summed E-state index contributed by atoms with van der Waals surface area (Å²) in [5, 5.41) is 3.03. The summed E-state index contributed by atoms with van der Waals surface area (Å²) < 4.78 is 42.7. The van der Waals surface area contributed by atoms with Gasteiger partial charge in [0.05, 0.1) is 23.5 Å². The first kappa shape index (κ1) is 17.5. The normalized spacial score (nSPS) is 16.5. The van der Waals surface area contributed by atoms with Crippen molar-refractivity contribution >= 4 is 17.5 Å². The molecule has 9 heteroatoms. The first-order chi connectivity index (χ1) is 11.8. The van der Waals surface area contributed by atoms with Gasteiger partial charge in [0.2, 0.25) is 0 Å². The van der Waals surface area contributed by atoms with Gasteiger partial charge in [-0.1, -0.05) is 17.7 Å². The summed E-state index contributed by atoms with van der Waals surface area (Å²) in [4.78, 5) is 19.9. The predicted molar refractivity (Wildman–Crippen MR) is 83.7 cm³/mol. The molecule has 5 nitrogen and oxygen atoms in total. The van der Waals surface area contributed by atoms with E-state index in [1.54, 1.807) is 18.2 Å². The van der Waals surface area contributed by atoms with E-state index in [-0.39, 0.29) is 24.8 Å². The molecule has 1 amide bonds. The fourth-order valence-corrected chi connectivity index (χ4v) is 2.77. The molecule has 2 heterocycles. The molecule has 1 aliphatic rings. The number of rotatable bonds is 5. The van der Waals surface area contributed by atoms with Crippen LogP contribution in [0.5, 0.6) is 11.8 Å². The molecule has 25 heavy (non-hydrogen) atoms. The first-order valence-corrected chi connectivity index (χ1v) is 7.87. The van der Waals surface area contributed by atoms with Gasteiger partial charge < -0.3 is 10.1 Å². The van der Waals surface area contributed by atoms with Gasteiger partial charge in [0, 0.05) is 17.5 Å². The predicted octanol–water partition coefficient (Wildman–Crippen LogP) is 4.44. The Hall–Kier alpha value is -2.35. The molecule has 0 fully saturated rings. The maximum Gasteiger partial charge on any atom is 0.389 e. The van der Waals surface area contributed by atoms with Crippen molar-refractivity contribution in [3.8, 4) is 11.8 Å². The summed E-state index contributed by atoms with van der Waals surface area (Å²) in [5.41, 5.74) is 0.900. The summed E-state index contributed by atoms with van der Waals surface area (Å²) in [6.45, 7) is 0. The van der Waals surface area contributed by atoms with Crippen LogP contribution in [0.1, 0.15) is 41.2 Å². The molecule has 0 saturated carbocycles. The summed E-state index contributed by atoms with van der Waals surface area (Å²) in [5.74, 6) is -0.00957. The van der Waals surface area contributed by atoms with E-state index >= 15 is 0 Å². The Bertz CT molecular complexity index is 781. The zero-order chi connectivity index (χ0) is 18.0. The Balaban J connectivity index is 1.82. The number of hydrogen-bond donors (Lipinski definition) is 1. The van der Waals surface area contributed by atoms with E-state index in [1.165, 1.54) is 12.4 Å². The van der Waals surface area contributed by atoms with E-state index in [2.05, 4.69) is 15.3 Å². The zero-order valence-electron chi connectivity index (χ0n) is 12.8. The highest BCUT2D eigenvalue weighted by molar-refractivity contribution is 6.30. The second kappa shape index (κ2) is 6.87. The van der Waals surface area contributed by atoms with Gasteiger partial charge >= 0.3 is 12.2 Å². The van der Waals surface area contributed by atoms with Crippen molar-refractivity contribution in [2.45, 2.75) is 31.5 Å². The lowest BCUT2D eigenvalue weighted by Gasteiger charge is -2.15. The van der Waals surface area contributed by atoms with Crippen LogP contribution in [0.2, 0.25) is 5.02 Å². The highest BCUT2D eigenvalue weighted by atomic mass is 35.5. The van der Waals surface area contributed by atoms with Crippen molar-refractivity contribution in [2.75, 3.05) is 0 Å². The summed E-state index contributed by atoms with van der Waals surface area (Å²) >= 11 is 5.72. The number of benzene rings is 1. The molecule has 2 aromatic rings. The van der Waals surface area contributed by atoms with Crippen LogP contribution in [-0.4, -0.2) is 22.1 Å². The Morgan fingerprint density at radius 1 is 1.24 bits per heavy atom. The number of hydrogen-bond acceptors (Lipinski definition) is 4. The minimum Gasteiger partial charge on any atom is -0.424 e. The highest BCUT2D eigenvalue weighted by Gasteiger charge is 2.33. The number of fused-ring (bicyclic) bond motifs is 1. The molecule has 0 aliphatic carbocycles. The smallest absolute Gasteiger partial charge is 0.389 e. The molecule has 0 bridgehead atoms. The Kier molecular flexibility index (Phi) is 4.80. The Morgan fingerprint density at radius 2 is 1.96 bits per heavy atom. The summed E-state index contributed by atoms with van der Waals surface area (Å²) in [6, 6.07) is 4.33. The number of carbonyl (C=O) groups is 1. The van der Waals surface area contributed by atoms with Gasteiger partial charge in [-0.3, -0.25) is 4.79 Å². The quantitative estimate of drug-likeness (QED) is 0.844. The lowest BCUT2D eigenvalue weighted by atomic mass is 9.99. The van der Waals surface area contributed by atoms with E-state index in [1.807, 2.05) is 0 Å². The van der Waals surface area contributed by atoms with Crippen LogP contribution in [0, 0.1) is 0 Å². The highest BCUT2D eigenvalue weighted by Crippen LogP contribution is 2.38. The number of alkyl halides is 3. The molecule has 0 saturated heterocycles. The first-order valence-electron chi connectivity index (χ1n) is 7.49. The number of amides is 1. The number of halogens is 4. The van der Waals surface area contributed by atoms with Gasteiger partial charge in [-0.25, -0.2) is 9.97 Å². The van der Waals surface area contributed by atoms with Crippen molar-refractivity contribution in [3.05, 3.63) is 46.7 Å². The van der Waals surface area contributed by atoms with Crippen LogP contribution in [0.4, 0.5) is 13.2 Å². The van der Waals surface area contributed by atoms with Crippen molar-refractivity contribution < 1.29 is 22.7 Å². The molecule has 1 aromatic heterocycles. The third-order valence-electron chi connectivity index (χ3n) is 3.72. The number of nitrogens with zero attached hydrogens (tertiary/aromatic N) is 2. The van der Waals surface area contributed by atoms with Crippen LogP contribution in [0.3, 0.4) is 0 Å². The maximum absolute atomic E-state index is 12.4. The largest absolute Gasteiger partial charge is 0.424 e. The molecule has 1 aliphatic heterocycles. The van der Waals surface area contributed by atoms with E-state index in [9.17, 15) is 18.0 Å². The van der Waals surface area contributed by atoms with Gasteiger partial charge in [-0.05, 0) is 25.0 Å². The van der Waals surface area contributed by atoms with Gasteiger partial charge in [-0.15, -0.1) is 0 Å². The minimum absolute atomic E-state index is 0.0335. The molecule has 1 atom stereocenters. The van der Waals surface area contributed by atoms with Crippen LogP contribution in [0.15, 0.2) is 30.6 Å². The van der Waals surface area contributed by atoms with Crippen molar-refractivity contribution in [2.24, 2.45) is 0 Å². The van der Waals surface area contributed by atoms with Crippen LogP contribution in [-0.2, 0) is 0 Å². The fraction of sp³-hybridized carbons (Fsp3) is 0.312. The molecule has 0 radical (unpaired) electrons. The van der Waals surface area contributed by atoms with Crippen molar-refractivity contribution in [3.63, 3.8) is 0 Å². The second-order valence-corrected chi connectivity index (χ2v) is 5.97. The zero-order valence-corrected chi connectivity index (χ0v) is 13.6. The molecule has 3 rings (SSSR count). The van der Waals surface area contributed by atoms with E-state index in [0.29, 0.717) is 21.9 Å². The van der Waals surface area contributed by atoms with E-state index < -0.39 is 18.6 Å². The fourth-order valence-electron chi connectivity index (χ4n) is 2.67. The Morgan fingerprint density at radius 3 is 2.64 bits per heavy atom. The SMILES string of the molecule is O=C1NC(CCCC(F)(F)F)c2c(Oc3ncc(Cl)cn3)cccc21. The number of ether oxygens (including phenoxy) is 1. The van der Waals surface area contributed by atoms with E-state index in [0.717, 1.165) is 0 Å². The van der Waals surface area contributed by atoms with Gasteiger partial charge in [0.1, 0.15) is 5.75 Å². The number of carbonyl (C=O) groups excluding carboxylic acids is 1. The van der Waals surface area contributed by atoms with Gasteiger partial charge in [-0.2, -0.15) is 13.2 Å². The monoisotopic (exact) mass is 371 g/mol. The number of aromatic nitrogens is 2.